The summed E-state index contributed by atoms with van der Waals surface area (Å²) in [6, 6.07) is 23.3. The monoisotopic (exact) mass is 553 g/mol. The van der Waals surface area contributed by atoms with Crippen LogP contribution in [0, 0.1) is 5.92 Å². The molecule has 41 heavy (non-hydrogen) atoms. The first-order chi connectivity index (χ1) is 19.8. The van der Waals surface area contributed by atoms with E-state index in [9.17, 15) is 24.6 Å². The molecule has 8 nitrogen and oxygen atoms in total. The van der Waals surface area contributed by atoms with E-state index in [0.29, 0.717) is 29.0 Å². The maximum atomic E-state index is 13.6. The molecule has 0 spiro atoms. The van der Waals surface area contributed by atoms with Crippen LogP contribution >= 0.6 is 0 Å². The number of carbonyl (C=O) groups excluding carboxylic acids is 3. The zero-order valence-corrected chi connectivity index (χ0v) is 23.1. The topological polar surface area (TPSA) is 110 Å². The van der Waals surface area contributed by atoms with Gasteiger partial charge in [0.15, 0.2) is 5.60 Å². The highest BCUT2D eigenvalue weighted by atomic mass is 16.3. The molecule has 0 bridgehead atoms. The first kappa shape index (κ1) is 29.5. The number of carbonyl (C=O) groups is 3. The largest absolute Gasteiger partial charge is 0.395 e. The number of hydrogen-bond acceptors (Lipinski definition) is 5. The van der Waals surface area contributed by atoms with Crippen LogP contribution in [0.2, 0.25) is 0 Å². The van der Waals surface area contributed by atoms with E-state index in [4.69, 9.17) is 0 Å². The van der Waals surface area contributed by atoms with Crippen LogP contribution in [0.1, 0.15) is 34.8 Å². The molecule has 212 valence electrons. The average molecular weight is 554 g/mol. The summed E-state index contributed by atoms with van der Waals surface area (Å²) in [4.78, 5) is 42.3. The zero-order chi connectivity index (χ0) is 29.4. The molecule has 4 rings (SSSR count). The lowest BCUT2D eigenvalue weighted by molar-refractivity contribution is -0.139. The van der Waals surface area contributed by atoms with Gasteiger partial charge in [0, 0.05) is 48.8 Å². The summed E-state index contributed by atoms with van der Waals surface area (Å²) in [6.45, 7) is 6.06. The Balaban J connectivity index is 1.54. The SMILES string of the molecule is C=CCN1C(=O)[C@@](O)([C@@H](C)/C=C/CC(=O)N(CCO)Cc2ccccc2)c2cc(NC(=O)c3ccccc3)ccc21. The first-order valence-electron chi connectivity index (χ1n) is 13.5. The van der Waals surface area contributed by atoms with Gasteiger partial charge in [0.2, 0.25) is 5.91 Å². The summed E-state index contributed by atoms with van der Waals surface area (Å²) in [7, 11) is 0. The van der Waals surface area contributed by atoms with E-state index in [1.165, 1.54) is 4.90 Å². The second-order valence-corrected chi connectivity index (χ2v) is 9.97. The standard InChI is InChI=1S/C33H35N3O5/c1-3-19-36-29-18-17-27(34-31(39)26-14-8-5-9-15-26)22-28(29)33(41,32(36)40)24(2)11-10-16-30(38)35(20-21-37)23-25-12-6-4-7-13-25/h3-15,17-18,22,24,37,41H,1,16,19-21,23H2,2H3,(H,34,39)/b11-10+/t24-,33+/m0/s1. The molecule has 3 aromatic rings. The quantitative estimate of drug-likeness (QED) is 0.290. The fourth-order valence-electron chi connectivity index (χ4n) is 4.99. The second kappa shape index (κ2) is 13.2. The molecule has 0 aliphatic carbocycles. The van der Waals surface area contributed by atoms with Gasteiger partial charge >= 0.3 is 0 Å². The van der Waals surface area contributed by atoms with Crippen molar-refractivity contribution in [2.45, 2.75) is 25.5 Å². The minimum absolute atomic E-state index is 0.0395. The molecule has 3 aromatic carbocycles. The Labute approximate surface area is 240 Å². The van der Waals surface area contributed by atoms with Crippen molar-refractivity contribution < 1.29 is 24.6 Å². The first-order valence-corrected chi connectivity index (χ1v) is 13.5. The van der Waals surface area contributed by atoms with Crippen LogP contribution in [0.3, 0.4) is 0 Å². The maximum Gasteiger partial charge on any atom is 0.264 e. The summed E-state index contributed by atoms with van der Waals surface area (Å²) in [5.74, 6) is -1.70. The number of amides is 3. The van der Waals surface area contributed by atoms with E-state index in [0.717, 1.165) is 5.56 Å². The van der Waals surface area contributed by atoms with Crippen LogP contribution in [0.15, 0.2) is 104 Å². The van der Waals surface area contributed by atoms with Crippen LogP contribution < -0.4 is 10.2 Å². The van der Waals surface area contributed by atoms with Gasteiger partial charge in [-0.2, -0.15) is 0 Å². The molecular weight excluding hydrogens is 518 g/mol. The minimum atomic E-state index is -1.92. The van der Waals surface area contributed by atoms with E-state index in [1.54, 1.807) is 72.5 Å². The molecule has 8 heteroatoms. The van der Waals surface area contributed by atoms with Crippen LogP contribution in [-0.2, 0) is 21.7 Å². The Morgan fingerprint density at radius 1 is 1.07 bits per heavy atom. The summed E-state index contributed by atoms with van der Waals surface area (Å²) in [5, 5.41) is 24.2. The van der Waals surface area contributed by atoms with E-state index >= 15 is 0 Å². The van der Waals surface area contributed by atoms with Gasteiger partial charge in [0.25, 0.3) is 11.8 Å². The van der Waals surface area contributed by atoms with Crippen molar-refractivity contribution in [2.75, 3.05) is 29.9 Å². The van der Waals surface area contributed by atoms with Gasteiger partial charge in [-0.1, -0.05) is 73.7 Å². The van der Waals surface area contributed by atoms with Crippen molar-refractivity contribution in [1.82, 2.24) is 4.90 Å². The van der Waals surface area contributed by atoms with Crippen molar-refractivity contribution in [3.05, 3.63) is 120 Å². The summed E-state index contributed by atoms with van der Waals surface area (Å²) in [5.41, 5.74) is 0.854. The average Bonchev–Trinajstić information content (AvgIpc) is 3.20. The predicted octanol–water partition coefficient (Wildman–Crippen LogP) is 4.26. The molecule has 0 unspecified atom stereocenters. The molecule has 2 atom stereocenters. The minimum Gasteiger partial charge on any atom is -0.395 e. The summed E-state index contributed by atoms with van der Waals surface area (Å²) >= 11 is 0. The molecular formula is C33H35N3O5. The van der Waals surface area contributed by atoms with Gasteiger partial charge in [0.1, 0.15) is 0 Å². The van der Waals surface area contributed by atoms with Gasteiger partial charge in [-0.25, -0.2) is 0 Å². The molecule has 0 fully saturated rings. The van der Waals surface area contributed by atoms with Crippen LogP contribution in [0.4, 0.5) is 11.4 Å². The predicted molar refractivity (Wildman–Crippen MR) is 159 cm³/mol. The van der Waals surface area contributed by atoms with Crippen LogP contribution in [0.5, 0.6) is 0 Å². The van der Waals surface area contributed by atoms with Crippen molar-refractivity contribution in [3.8, 4) is 0 Å². The number of nitrogens with one attached hydrogen (secondary N) is 1. The van der Waals surface area contributed by atoms with Gasteiger partial charge < -0.3 is 25.3 Å². The summed E-state index contributed by atoms with van der Waals surface area (Å²) < 4.78 is 0. The van der Waals surface area contributed by atoms with Crippen LogP contribution in [0.25, 0.3) is 0 Å². The summed E-state index contributed by atoms with van der Waals surface area (Å²) in [6.07, 6.45) is 4.92. The lowest BCUT2D eigenvalue weighted by Gasteiger charge is -2.27. The van der Waals surface area contributed by atoms with E-state index in [-0.39, 0.29) is 37.9 Å². The number of rotatable bonds is 12. The highest BCUT2D eigenvalue weighted by Gasteiger charge is 2.52. The number of hydrogen-bond donors (Lipinski definition) is 3. The molecule has 0 saturated carbocycles. The van der Waals surface area contributed by atoms with Crippen molar-refractivity contribution >= 4 is 29.1 Å². The zero-order valence-electron chi connectivity index (χ0n) is 23.1. The maximum absolute atomic E-state index is 13.6. The van der Waals surface area contributed by atoms with E-state index in [2.05, 4.69) is 11.9 Å². The second-order valence-electron chi connectivity index (χ2n) is 9.97. The van der Waals surface area contributed by atoms with Crippen molar-refractivity contribution in [2.24, 2.45) is 5.92 Å². The molecule has 0 aromatic heterocycles. The number of aliphatic hydroxyl groups is 2. The Kier molecular flexibility index (Phi) is 9.49. The number of nitrogens with zero attached hydrogens (tertiary/aromatic N) is 2. The Hall–Kier alpha value is -4.53. The normalized spacial score (nSPS) is 16.9. The van der Waals surface area contributed by atoms with Gasteiger partial charge in [0.05, 0.1) is 12.3 Å². The molecule has 1 aliphatic rings. The Morgan fingerprint density at radius 3 is 2.41 bits per heavy atom. The van der Waals surface area contributed by atoms with Crippen LogP contribution in [-0.4, -0.2) is 52.5 Å². The lowest BCUT2D eigenvalue weighted by Crippen LogP contribution is -2.44. The smallest absolute Gasteiger partial charge is 0.264 e. The molecule has 3 N–H and O–H groups in total. The third-order valence-electron chi connectivity index (χ3n) is 7.19. The Bertz CT molecular complexity index is 1420. The molecule has 0 saturated heterocycles. The Morgan fingerprint density at radius 2 is 1.76 bits per heavy atom. The van der Waals surface area contributed by atoms with Gasteiger partial charge in [-0.05, 0) is 35.9 Å². The third-order valence-corrected chi connectivity index (χ3v) is 7.19. The highest BCUT2D eigenvalue weighted by molar-refractivity contribution is 6.09. The van der Waals surface area contributed by atoms with E-state index < -0.39 is 17.4 Å². The van der Waals surface area contributed by atoms with Crippen molar-refractivity contribution in [1.29, 1.82) is 0 Å². The lowest BCUT2D eigenvalue weighted by atomic mass is 9.82. The number of benzene rings is 3. The molecule has 1 heterocycles. The van der Waals surface area contributed by atoms with E-state index in [1.807, 2.05) is 36.4 Å². The molecule has 0 radical (unpaired) electrons. The van der Waals surface area contributed by atoms with Crippen molar-refractivity contribution in [3.63, 3.8) is 0 Å². The fraction of sp³-hybridized carbons (Fsp3) is 0.242. The molecule has 1 aliphatic heterocycles. The third kappa shape index (κ3) is 6.45. The highest BCUT2D eigenvalue weighted by Crippen LogP contribution is 2.46. The number of fused-ring (bicyclic) bond motifs is 1. The fourth-order valence-corrected chi connectivity index (χ4v) is 4.99. The van der Waals surface area contributed by atoms with Gasteiger partial charge in [-0.3, -0.25) is 14.4 Å². The van der Waals surface area contributed by atoms with Gasteiger partial charge in [-0.15, -0.1) is 6.58 Å². The number of aliphatic hydroxyl groups excluding tert-OH is 1. The molecule has 3 amide bonds. The number of anilines is 2.